The average molecular weight is 993 g/mol. The first-order valence-electron chi connectivity index (χ1n) is 26.3. The molecule has 0 spiro atoms. The van der Waals surface area contributed by atoms with Crippen molar-refractivity contribution in [3.8, 4) is 0 Å². The molecule has 0 amide bonds. The smallest absolute Gasteiger partial charge is 0.311 e. The second-order valence-corrected chi connectivity index (χ2v) is 34.7. The van der Waals surface area contributed by atoms with E-state index in [0.717, 1.165) is 60.1 Å². The van der Waals surface area contributed by atoms with Crippen LogP contribution in [0.4, 0.5) is 0 Å². The summed E-state index contributed by atoms with van der Waals surface area (Å²) in [6.45, 7) is 24.1. The van der Waals surface area contributed by atoms with Crippen LogP contribution in [-0.2, 0) is 17.7 Å². The van der Waals surface area contributed by atoms with Crippen molar-refractivity contribution in [3.05, 3.63) is 0 Å². The zero-order chi connectivity index (χ0) is 45.9. The lowest BCUT2D eigenvalue weighted by Gasteiger charge is -2.38. The van der Waals surface area contributed by atoms with Crippen molar-refractivity contribution >= 4 is 25.2 Å². The summed E-state index contributed by atoms with van der Waals surface area (Å²) in [7, 11) is 2.80. The highest BCUT2D eigenvalue weighted by Crippen LogP contribution is 2.26. The van der Waals surface area contributed by atoms with Gasteiger partial charge in [0.2, 0.25) is 0 Å². The van der Waals surface area contributed by atoms with Crippen molar-refractivity contribution in [1.29, 1.82) is 0 Å². The van der Waals surface area contributed by atoms with Crippen LogP contribution < -0.4 is 24.8 Å². The fourth-order valence-corrected chi connectivity index (χ4v) is 23.3. The molecule has 63 heavy (non-hydrogen) atoms. The molecule has 0 aromatic carbocycles. The summed E-state index contributed by atoms with van der Waals surface area (Å²) in [6.07, 6.45) is 34.0. The number of aliphatic hydroxyl groups is 2. The molecule has 384 valence electrons. The molecule has 2 atom stereocenters. The molecule has 0 saturated carbocycles. The van der Waals surface area contributed by atoms with Gasteiger partial charge in [0.15, 0.2) is 16.6 Å². The predicted molar refractivity (Wildman–Crippen MR) is 273 cm³/mol. The van der Waals surface area contributed by atoms with Gasteiger partial charge in [0.25, 0.3) is 0 Å². The quantitative estimate of drug-likeness (QED) is 0.0382. The van der Waals surface area contributed by atoms with Gasteiger partial charge in [-0.1, -0.05) is 142 Å². The van der Waals surface area contributed by atoms with Crippen LogP contribution >= 0.6 is 0 Å². The van der Waals surface area contributed by atoms with Crippen LogP contribution in [0.1, 0.15) is 181 Å². The van der Waals surface area contributed by atoms with Gasteiger partial charge in [-0.3, -0.25) is 0 Å². The Bertz CT molecular complexity index is 926. The Kier molecular flexibility index (Phi) is 44.1. The highest BCUT2D eigenvalue weighted by molar-refractivity contribution is 6.87. The number of quaternary nitrogens is 2. The van der Waals surface area contributed by atoms with Crippen LogP contribution in [0, 0.1) is 0 Å². The third kappa shape index (κ3) is 46.4. The van der Waals surface area contributed by atoms with E-state index in [2.05, 4.69) is 81.3 Å². The maximum atomic E-state index is 10.7. The Balaban J connectivity index is -0.0000180. The van der Waals surface area contributed by atoms with Gasteiger partial charge in [-0.2, -0.15) is 0 Å². The fraction of sp³-hybridized carbons (Fsp3) is 1.00. The van der Waals surface area contributed by atoms with Crippen molar-refractivity contribution in [2.45, 2.75) is 244 Å². The molecule has 8 nitrogen and oxygen atoms in total. The molecule has 13 heteroatoms. The van der Waals surface area contributed by atoms with Gasteiger partial charge < -0.3 is 61.7 Å². The number of rotatable bonds is 46. The molecule has 0 saturated heterocycles. The lowest BCUT2D eigenvalue weighted by atomic mass is 10.1. The highest BCUT2D eigenvalue weighted by Gasteiger charge is 2.39. The molecule has 0 fully saturated rings. The molecule has 0 aliphatic heterocycles. The Hall–Kier alpha value is 0.911. The molecule has 0 rings (SSSR count). The lowest BCUT2D eigenvalue weighted by Crippen LogP contribution is -3.00. The van der Waals surface area contributed by atoms with Gasteiger partial charge in [0.05, 0.1) is 54.5 Å². The number of likely N-dealkylation sites (N-methyl/N-ethyl adjacent to an activating group) is 2. The summed E-state index contributed by atoms with van der Waals surface area (Å²) in [4.78, 5) is 0. The van der Waals surface area contributed by atoms with Crippen molar-refractivity contribution in [2.24, 2.45) is 0 Å². The summed E-state index contributed by atoms with van der Waals surface area (Å²) < 4.78 is 27.4. The summed E-state index contributed by atoms with van der Waals surface area (Å²) in [6, 6.07) is 2.05. The molecule has 0 aliphatic carbocycles. The topological polar surface area (TPSA) is 77.4 Å². The monoisotopic (exact) mass is 991 g/mol. The second-order valence-electron chi connectivity index (χ2n) is 22.2. The van der Waals surface area contributed by atoms with E-state index in [9.17, 15) is 10.2 Å². The van der Waals surface area contributed by atoms with Gasteiger partial charge in [-0.25, -0.2) is 0 Å². The van der Waals surface area contributed by atoms with E-state index in [0.29, 0.717) is 26.4 Å². The number of hydrogen-bond donors (Lipinski definition) is 2. The lowest BCUT2D eigenvalue weighted by molar-refractivity contribution is -0.893. The number of aliphatic hydroxyl groups excluding tert-OH is 2. The van der Waals surface area contributed by atoms with Crippen molar-refractivity contribution in [1.82, 2.24) is 0 Å². The number of hydrogen-bond acceptors (Lipinski definition) is 6. The molecule has 0 heterocycles. The van der Waals surface area contributed by atoms with Crippen molar-refractivity contribution in [3.63, 3.8) is 0 Å². The molecular formula is C50H112Cl2N2O6Si3. The minimum atomic E-state index is -2.30. The molecule has 0 aliphatic rings. The van der Waals surface area contributed by atoms with Crippen molar-refractivity contribution in [2.75, 3.05) is 80.8 Å². The van der Waals surface area contributed by atoms with E-state index >= 15 is 0 Å². The summed E-state index contributed by atoms with van der Waals surface area (Å²) >= 11 is 0. The molecule has 0 aromatic rings. The summed E-state index contributed by atoms with van der Waals surface area (Å²) in [5.41, 5.74) is 0. The molecule has 2 unspecified atom stereocenters. The molecule has 0 bridgehead atoms. The SMILES string of the molecule is CCCCCCCCCCCCCC[N+](C)(C)CC(O)COCCC[Si](C)(C)O[Si](C)(C)O[Si](C)(C)CCCOCC(O)C[N+](C)(C)CCCCCCCCCCCCCC.[Cl-].[Cl-]. The Morgan fingerprint density at radius 2 is 0.651 bits per heavy atom. The highest BCUT2D eigenvalue weighted by atomic mass is 35.5. The minimum Gasteiger partial charge on any atom is -1.00 e. The third-order valence-electron chi connectivity index (χ3n) is 12.4. The predicted octanol–water partition coefficient (Wildman–Crippen LogP) is 7.23. The van der Waals surface area contributed by atoms with Gasteiger partial charge >= 0.3 is 8.56 Å². The van der Waals surface area contributed by atoms with Crippen LogP contribution in [0.25, 0.3) is 0 Å². The summed E-state index contributed by atoms with van der Waals surface area (Å²) in [5.74, 6) is 0. The maximum absolute atomic E-state index is 10.7. The van der Waals surface area contributed by atoms with E-state index in [-0.39, 0.29) is 24.8 Å². The Morgan fingerprint density at radius 1 is 0.397 bits per heavy atom. The second kappa shape index (κ2) is 40.8. The van der Waals surface area contributed by atoms with Crippen LogP contribution in [0.2, 0.25) is 51.4 Å². The zero-order valence-corrected chi connectivity index (χ0v) is 48.8. The van der Waals surface area contributed by atoms with Gasteiger partial charge in [-0.15, -0.1) is 0 Å². The molecule has 0 aromatic heterocycles. The fourth-order valence-electron chi connectivity index (χ4n) is 9.28. The van der Waals surface area contributed by atoms with Crippen LogP contribution in [0.3, 0.4) is 0 Å². The van der Waals surface area contributed by atoms with Crippen LogP contribution in [0.5, 0.6) is 0 Å². The Labute approximate surface area is 410 Å². The first-order chi connectivity index (χ1) is 28.7. The zero-order valence-electron chi connectivity index (χ0n) is 44.3. The van der Waals surface area contributed by atoms with Crippen LogP contribution in [0.15, 0.2) is 0 Å². The van der Waals surface area contributed by atoms with Crippen molar-refractivity contribution < 1.29 is 61.7 Å². The van der Waals surface area contributed by atoms with Crippen LogP contribution in [-0.4, -0.2) is 137 Å². The Morgan fingerprint density at radius 3 is 0.921 bits per heavy atom. The molecule has 2 N–H and O–H groups in total. The van der Waals surface area contributed by atoms with E-state index in [1.165, 1.54) is 154 Å². The van der Waals surface area contributed by atoms with E-state index in [1.807, 2.05) is 0 Å². The van der Waals surface area contributed by atoms with Gasteiger partial charge in [0, 0.05) is 13.2 Å². The summed E-state index contributed by atoms with van der Waals surface area (Å²) in [5, 5.41) is 21.5. The van der Waals surface area contributed by atoms with Gasteiger partial charge in [0.1, 0.15) is 25.3 Å². The number of ether oxygens (including phenoxy) is 2. The average Bonchev–Trinajstić information content (AvgIpc) is 3.14. The molecular weight excluding hydrogens is 880 g/mol. The van der Waals surface area contributed by atoms with E-state index in [4.69, 9.17) is 17.7 Å². The normalized spacial score (nSPS) is 13.8. The number of unbranched alkanes of at least 4 members (excludes halogenated alkanes) is 22. The molecule has 0 radical (unpaired) electrons. The van der Waals surface area contributed by atoms with E-state index < -0.39 is 37.4 Å². The number of halogens is 2. The maximum Gasteiger partial charge on any atom is 0.311 e. The number of nitrogens with zero attached hydrogens (tertiary/aromatic N) is 2. The first kappa shape index (κ1) is 68.2. The van der Waals surface area contributed by atoms with Gasteiger partial charge in [-0.05, 0) is 89.9 Å². The standard InChI is InChI=1S/C50H112N2O6Si3.2ClH/c1-13-15-17-19-21-23-25-27-29-31-33-35-39-51(3,4)45-49(53)47-55-41-37-43-59(7,8)57-61(11,12)58-60(9,10)44-38-42-56-48-50(54)46-52(5,6)40-36-34-32-30-28-26-24-22-20-18-16-14-2;;/h49-50,53-54H,13-48H2,1-12H3;2*1H/q+2;;/p-2. The minimum absolute atomic E-state index is 0. The first-order valence-corrected chi connectivity index (χ1v) is 35.3. The largest absolute Gasteiger partial charge is 1.00 e. The third-order valence-corrected chi connectivity index (χ3v) is 23.9. The van der Waals surface area contributed by atoms with E-state index in [1.54, 1.807) is 0 Å².